The Morgan fingerprint density at radius 1 is 1.24 bits per heavy atom. The van der Waals surface area contributed by atoms with Crippen molar-refractivity contribution < 1.29 is 4.74 Å². The number of hydrogen-bond donors (Lipinski definition) is 1. The Hall–Kier alpha value is -1.28. The topological polar surface area (TPSA) is 21.3 Å². The van der Waals surface area contributed by atoms with E-state index in [9.17, 15) is 0 Å². The third kappa shape index (κ3) is 5.55. The maximum atomic E-state index is 5.92. The van der Waals surface area contributed by atoms with Crippen molar-refractivity contribution in [2.75, 3.05) is 13.2 Å². The van der Waals surface area contributed by atoms with Crippen LogP contribution in [-0.4, -0.2) is 19.2 Å². The fourth-order valence-corrected chi connectivity index (χ4v) is 3.02. The highest BCUT2D eigenvalue weighted by atomic mass is 16.5. The van der Waals surface area contributed by atoms with Crippen LogP contribution in [0.25, 0.3) is 0 Å². The van der Waals surface area contributed by atoms with E-state index in [1.807, 2.05) is 6.07 Å². The second-order valence-electron chi connectivity index (χ2n) is 5.94. The zero-order chi connectivity index (χ0) is 14.9. The summed E-state index contributed by atoms with van der Waals surface area (Å²) in [5.41, 5.74) is 2.85. The Morgan fingerprint density at radius 3 is 2.95 bits per heavy atom. The molecular formula is C19H29NO. The molecule has 0 bridgehead atoms. The third-order valence-corrected chi connectivity index (χ3v) is 4.14. The van der Waals surface area contributed by atoms with Crippen molar-refractivity contribution in [3.05, 3.63) is 41.5 Å². The van der Waals surface area contributed by atoms with Crippen LogP contribution in [0.4, 0.5) is 0 Å². The minimum atomic E-state index is 0.484. The minimum Gasteiger partial charge on any atom is -0.494 e. The molecule has 0 saturated carbocycles. The van der Waals surface area contributed by atoms with Gasteiger partial charge in [-0.25, -0.2) is 0 Å². The second kappa shape index (κ2) is 8.89. The van der Waals surface area contributed by atoms with Crippen LogP contribution in [0.3, 0.4) is 0 Å². The summed E-state index contributed by atoms with van der Waals surface area (Å²) in [4.78, 5) is 0. The first-order chi connectivity index (χ1) is 10.3. The Balaban J connectivity index is 1.86. The van der Waals surface area contributed by atoms with Gasteiger partial charge in [0.2, 0.25) is 0 Å². The number of ether oxygens (including phenoxy) is 1. The lowest BCUT2D eigenvalue weighted by molar-refractivity contribution is 0.293. The lowest BCUT2D eigenvalue weighted by Crippen LogP contribution is -2.32. The van der Waals surface area contributed by atoms with Gasteiger partial charge in [-0.05, 0) is 56.8 Å². The zero-order valence-corrected chi connectivity index (χ0v) is 13.5. The molecule has 1 aliphatic carbocycles. The molecule has 2 nitrogen and oxygen atoms in total. The van der Waals surface area contributed by atoms with Gasteiger partial charge >= 0.3 is 0 Å². The number of benzene rings is 1. The SMILES string of the molecule is CCNC(CCOc1cccc(C)c1)C1=CCCCCC1. The van der Waals surface area contributed by atoms with Crippen LogP contribution in [0, 0.1) is 6.92 Å². The molecule has 1 atom stereocenters. The molecule has 21 heavy (non-hydrogen) atoms. The number of rotatable bonds is 7. The van der Waals surface area contributed by atoms with E-state index in [4.69, 9.17) is 4.74 Å². The van der Waals surface area contributed by atoms with E-state index in [0.717, 1.165) is 25.3 Å². The zero-order valence-electron chi connectivity index (χ0n) is 13.5. The molecule has 0 radical (unpaired) electrons. The maximum absolute atomic E-state index is 5.92. The first kappa shape index (κ1) is 16.1. The quantitative estimate of drug-likeness (QED) is 0.738. The largest absolute Gasteiger partial charge is 0.494 e. The Kier molecular flexibility index (Phi) is 6.81. The molecule has 0 heterocycles. The molecule has 2 heteroatoms. The van der Waals surface area contributed by atoms with Gasteiger partial charge in [-0.15, -0.1) is 0 Å². The van der Waals surface area contributed by atoms with E-state index < -0.39 is 0 Å². The number of hydrogen-bond acceptors (Lipinski definition) is 2. The Morgan fingerprint density at radius 2 is 2.14 bits per heavy atom. The molecule has 116 valence electrons. The van der Waals surface area contributed by atoms with E-state index in [-0.39, 0.29) is 0 Å². The Labute approximate surface area is 129 Å². The molecule has 1 aromatic carbocycles. The average Bonchev–Trinajstić information content (AvgIpc) is 2.75. The minimum absolute atomic E-state index is 0.484. The van der Waals surface area contributed by atoms with Gasteiger partial charge in [-0.1, -0.05) is 37.1 Å². The van der Waals surface area contributed by atoms with Gasteiger partial charge in [0.15, 0.2) is 0 Å². The van der Waals surface area contributed by atoms with Gasteiger partial charge in [-0.2, -0.15) is 0 Å². The fourth-order valence-electron chi connectivity index (χ4n) is 3.02. The highest BCUT2D eigenvalue weighted by Crippen LogP contribution is 2.22. The number of nitrogens with one attached hydrogen (secondary N) is 1. The van der Waals surface area contributed by atoms with Crippen LogP contribution >= 0.6 is 0 Å². The summed E-state index contributed by atoms with van der Waals surface area (Å²) in [6.07, 6.45) is 10.1. The first-order valence-corrected chi connectivity index (χ1v) is 8.41. The molecule has 0 saturated heterocycles. The van der Waals surface area contributed by atoms with Gasteiger partial charge in [0.1, 0.15) is 5.75 Å². The van der Waals surface area contributed by atoms with Crippen molar-refractivity contribution in [1.82, 2.24) is 5.32 Å². The average molecular weight is 287 g/mol. The van der Waals surface area contributed by atoms with Crippen molar-refractivity contribution >= 4 is 0 Å². The molecule has 0 spiro atoms. The van der Waals surface area contributed by atoms with Gasteiger partial charge in [0.25, 0.3) is 0 Å². The maximum Gasteiger partial charge on any atom is 0.119 e. The summed E-state index contributed by atoms with van der Waals surface area (Å²) in [6, 6.07) is 8.79. The normalized spacial score (nSPS) is 17.0. The van der Waals surface area contributed by atoms with E-state index in [1.54, 1.807) is 5.57 Å². The van der Waals surface area contributed by atoms with Crippen LogP contribution in [0.1, 0.15) is 51.0 Å². The van der Waals surface area contributed by atoms with E-state index in [1.165, 1.54) is 37.7 Å². The van der Waals surface area contributed by atoms with Crippen molar-refractivity contribution in [3.8, 4) is 5.75 Å². The summed E-state index contributed by atoms with van der Waals surface area (Å²) >= 11 is 0. The molecule has 0 aliphatic heterocycles. The highest BCUT2D eigenvalue weighted by Gasteiger charge is 2.14. The molecular weight excluding hydrogens is 258 g/mol. The van der Waals surface area contributed by atoms with Crippen molar-refractivity contribution in [2.45, 2.75) is 58.4 Å². The van der Waals surface area contributed by atoms with Gasteiger partial charge in [-0.3, -0.25) is 0 Å². The smallest absolute Gasteiger partial charge is 0.119 e. The molecule has 1 N–H and O–H groups in total. The summed E-state index contributed by atoms with van der Waals surface area (Å²) in [7, 11) is 0. The fraction of sp³-hybridized carbons (Fsp3) is 0.579. The summed E-state index contributed by atoms with van der Waals surface area (Å²) in [5, 5.41) is 3.63. The molecule has 1 aliphatic rings. The van der Waals surface area contributed by atoms with E-state index >= 15 is 0 Å². The number of likely N-dealkylation sites (N-methyl/N-ethyl adjacent to an activating group) is 1. The summed E-state index contributed by atoms with van der Waals surface area (Å²) < 4.78 is 5.92. The molecule has 2 rings (SSSR count). The lowest BCUT2D eigenvalue weighted by atomic mass is 9.99. The molecule has 0 aromatic heterocycles. The monoisotopic (exact) mass is 287 g/mol. The molecule has 0 amide bonds. The first-order valence-electron chi connectivity index (χ1n) is 8.41. The van der Waals surface area contributed by atoms with Crippen LogP contribution < -0.4 is 10.1 Å². The van der Waals surface area contributed by atoms with Gasteiger partial charge in [0, 0.05) is 12.5 Å². The van der Waals surface area contributed by atoms with Gasteiger partial charge in [0.05, 0.1) is 6.61 Å². The van der Waals surface area contributed by atoms with E-state index in [0.29, 0.717) is 6.04 Å². The third-order valence-electron chi connectivity index (χ3n) is 4.14. The molecule has 1 aromatic rings. The van der Waals surface area contributed by atoms with Crippen LogP contribution in [0.5, 0.6) is 5.75 Å². The molecule has 0 fully saturated rings. The van der Waals surface area contributed by atoms with Crippen molar-refractivity contribution in [3.63, 3.8) is 0 Å². The second-order valence-corrected chi connectivity index (χ2v) is 5.94. The highest BCUT2D eigenvalue weighted by molar-refractivity contribution is 5.27. The van der Waals surface area contributed by atoms with Crippen molar-refractivity contribution in [1.29, 1.82) is 0 Å². The number of aryl methyl sites for hydroxylation is 1. The number of allylic oxidation sites excluding steroid dienone is 1. The summed E-state index contributed by atoms with van der Waals surface area (Å²) in [5.74, 6) is 0.986. The molecule has 1 unspecified atom stereocenters. The Bertz CT molecular complexity index is 453. The van der Waals surface area contributed by atoms with Crippen LogP contribution in [0.15, 0.2) is 35.9 Å². The van der Waals surface area contributed by atoms with E-state index in [2.05, 4.69) is 43.4 Å². The summed E-state index contributed by atoms with van der Waals surface area (Å²) in [6.45, 7) is 6.08. The van der Waals surface area contributed by atoms with Crippen molar-refractivity contribution in [2.24, 2.45) is 0 Å². The van der Waals surface area contributed by atoms with Crippen LogP contribution in [0.2, 0.25) is 0 Å². The predicted octanol–water partition coefficient (Wildman–Crippen LogP) is 4.63. The van der Waals surface area contributed by atoms with Gasteiger partial charge < -0.3 is 10.1 Å². The predicted molar refractivity (Wildman–Crippen MR) is 89.9 cm³/mol. The lowest BCUT2D eigenvalue weighted by Gasteiger charge is -2.21. The van der Waals surface area contributed by atoms with Crippen LogP contribution in [-0.2, 0) is 0 Å². The standard InChI is InChI=1S/C19H29NO/c1-3-20-19(17-10-6-4-5-7-11-17)13-14-21-18-12-8-9-16(2)15-18/h8-10,12,15,19-20H,3-7,11,13-14H2,1-2H3.